The van der Waals surface area contributed by atoms with Gasteiger partial charge in [-0.3, -0.25) is 4.79 Å². The Bertz CT molecular complexity index is 132. The van der Waals surface area contributed by atoms with Crippen LogP contribution in [0.1, 0.15) is 46.0 Å². The standard InChI is InChI=1S/C11H20O/c1-4-7-10(8-5-2)9-11(12)6-3/h6,10H,3-5,7-9H2,1-2H3. The number of carbonyl (C=O) groups is 1. The van der Waals surface area contributed by atoms with Crippen molar-refractivity contribution in [2.24, 2.45) is 5.92 Å². The maximum Gasteiger partial charge on any atom is 0.155 e. The molecule has 12 heavy (non-hydrogen) atoms. The van der Waals surface area contributed by atoms with Crippen molar-refractivity contribution in [3.05, 3.63) is 12.7 Å². The molecule has 0 radical (unpaired) electrons. The van der Waals surface area contributed by atoms with Gasteiger partial charge in [0.1, 0.15) is 0 Å². The van der Waals surface area contributed by atoms with Crippen LogP contribution in [0, 0.1) is 5.92 Å². The molecule has 0 spiro atoms. The van der Waals surface area contributed by atoms with Crippen molar-refractivity contribution < 1.29 is 4.79 Å². The second-order valence-corrected chi connectivity index (χ2v) is 3.32. The summed E-state index contributed by atoms with van der Waals surface area (Å²) in [5, 5.41) is 0. The van der Waals surface area contributed by atoms with E-state index in [0.717, 1.165) is 0 Å². The molecule has 0 unspecified atom stereocenters. The van der Waals surface area contributed by atoms with E-state index in [9.17, 15) is 4.79 Å². The highest BCUT2D eigenvalue weighted by molar-refractivity contribution is 5.89. The van der Waals surface area contributed by atoms with Gasteiger partial charge in [0.05, 0.1) is 0 Å². The first-order valence-electron chi connectivity index (χ1n) is 4.89. The van der Waals surface area contributed by atoms with Crippen LogP contribution in [0.5, 0.6) is 0 Å². The highest BCUT2D eigenvalue weighted by atomic mass is 16.1. The topological polar surface area (TPSA) is 17.1 Å². The summed E-state index contributed by atoms with van der Waals surface area (Å²) >= 11 is 0. The van der Waals surface area contributed by atoms with E-state index < -0.39 is 0 Å². The zero-order valence-corrected chi connectivity index (χ0v) is 8.31. The van der Waals surface area contributed by atoms with E-state index in [-0.39, 0.29) is 5.78 Å². The number of ketones is 1. The Morgan fingerprint density at radius 3 is 2.17 bits per heavy atom. The van der Waals surface area contributed by atoms with Crippen LogP contribution in [-0.2, 0) is 4.79 Å². The average Bonchev–Trinajstić information content (AvgIpc) is 2.05. The summed E-state index contributed by atoms with van der Waals surface area (Å²) in [4.78, 5) is 11.1. The quantitative estimate of drug-likeness (QED) is 0.533. The van der Waals surface area contributed by atoms with Crippen LogP contribution in [-0.4, -0.2) is 5.78 Å². The Morgan fingerprint density at radius 1 is 1.33 bits per heavy atom. The number of hydrogen-bond donors (Lipinski definition) is 0. The predicted octanol–water partition coefficient (Wildman–Crippen LogP) is 3.35. The van der Waals surface area contributed by atoms with Gasteiger partial charge in [-0.15, -0.1) is 0 Å². The lowest BCUT2D eigenvalue weighted by atomic mass is 9.93. The van der Waals surface area contributed by atoms with Crippen LogP contribution >= 0.6 is 0 Å². The molecular formula is C11H20O. The molecule has 0 aromatic carbocycles. The number of allylic oxidation sites excluding steroid dienone is 1. The van der Waals surface area contributed by atoms with Crippen LogP contribution < -0.4 is 0 Å². The Kier molecular flexibility index (Phi) is 6.73. The molecule has 0 atom stereocenters. The molecule has 0 rings (SSSR count). The van der Waals surface area contributed by atoms with Crippen molar-refractivity contribution in [1.29, 1.82) is 0 Å². The molecule has 0 aromatic heterocycles. The van der Waals surface area contributed by atoms with Crippen LogP contribution in [0.2, 0.25) is 0 Å². The van der Waals surface area contributed by atoms with Crippen LogP contribution in [0.3, 0.4) is 0 Å². The van der Waals surface area contributed by atoms with Gasteiger partial charge in [0.15, 0.2) is 5.78 Å². The third-order valence-electron chi connectivity index (χ3n) is 2.11. The summed E-state index contributed by atoms with van der Waals surface area (Å²) in [6.07, 6.45) is 6.84. The molecular weight excluding hydrogens is 148 g/mol. The van der Waals surface area contributed by atoms with E-state index in [4.69, 9.17) is 0 Å². The van der Waals surface area contributed by atoms with Gasteiger partial charge >= 0.3 is 0 Å². The summed E-state index contributed by atoms with van der Waals surface area (Å²) in [6, 6.07) is 0. The second-order valence-electron chi connectivity index (χ2n) is 3.32. The van der Waals surface area contributed by atoms with Crippen molar-refractivity contribution in [3.63, 3.8) is 0 Å². The third kappa shape index (κ3) is 5.11. The molecule has 70 valence electrons. The fourth-order valence-electron chi connectivity index (χ4n) is 1.53. The average molecular weight is 168 g/mol. The van der Waals surface area contributed by atoms with Gasteiger partial charge in [0, 0.05) is 6.42 Å². The first-order chi connectivity index (χ1) is 5.74. The maximum atomic E-state index is 11.1. The molecule has 0 heterocycles. The van der Waals surface area contributed by atoms with Gasteiger partial charge in [-0.25, -0.2) is 0 Å². The third-order valence-corrected chi connectivity index (χ3v) is 2.11. The lowest BCUT2D eigenvalue weighted by Gasteiger charge is -2.12. The molecule has 0 aliphatic rings. The molecule has 0 fully saturated rings. The number of hydrogen-bond acceptors (Lipinski definition) is 1. The Labute approximate surface area is 75.9 Å². The summed E-state index contributed by atoms with van der Waals surface area (Å²) in [7, 11) is 0. The van der Waals surface area contributed by atoms with Crippen molar-refractivity contribution in [1.82, 2.24) is 0 Å². The van der Waals surface area contributed by atoms with Crippen LogP contribution in [0.15, 0.2) is 12.7 Å². The second kappa shape index (κ2) is 7.08. The fraction of sp³-hybridized carbons (Fsp3) is 0.727. The van der Waals surface area contributed by atoms with Gasteiger partial charge in [0.25, 0.3) is 0 Å². The lowest BCUT2D eigenvalue weighted by Crippen LogP contribution is -2.05. The molecule has 0 aromatic rings. The van der Waals surface area contributed by atoms with Gasteiger partial charge in [-0.05, 0) is 12.0 Å². The van der Waals surface area contributed by atoms with E-state index in [2.05, 4.69) is 20.4 Å². The molecule has 0 amide bonds. The molecule has 0 saturated carbocycles. The molecule has 0 bridgehead atoms. The highest BCUT2D eigenvalue weighted by Gasteiger charge is 2.09. The van der Waals surface area contributed by atoms with Gasteiger partial charge in [-0.1, -0.05) is 46.1 Å². The number of carbonyl (C=O) groups excluding carboxylic acids is 1. The fourth-order valence-corrected chi connectivity index (χ4v) is 1.53. The molecule has 0 saturated heterocycles. The van der Waals surface area contributed by atoms with E-state index >= 15 is 0 Å². The van der Waals surface area contributed by atoms with Crippen molar-refractivity contribution in [2.75, 3.05) is 0 Å². The summed E-state index contributed by atoms with van der Waals surface area (Å²) in [6.45, 7) is 7.82. The van der Waals surface area contributed by atoms with Crippen molar-refractivity contribution in [3.8, 4) is 0 Å². The minimum atomic E-state index is 0.196. The lowest BCUT2D eigenvalue weighted by molar-refractivity contribution is -0.115. The normalized spacial score (nSPS) is 10.2. The van der Waals surface area contributed by atoms with E-state index in [1.807, 2.05) is 0 Å². The van der Waals surface area contributed by atoms with Crippen LogP contribution in [0.4, 0.5) is 0 Å². The predicted molar refractivity (Wildman–Crippen MR) is 53.1 cm³/mol. The van der Waals surface area contributed by atoms with Gasteiger partial charge in [0.2, 0.25) is 0 Å². The van der Waals surface area contributed by atoms with Crippen molar-refractivity contribution in [2.45, 2.75) is 46.0 Å². The maximum absolute atomic E-state index is 11.1. The SMILES string of the molecule is C=CC(=O)CC(CCC)CCC. The molecule has 1 nitrogen and oxygen atoms in total. The van der Waals surface area contributed by atoms with E-state index in [1.165, 1.54) is 31.8 Å². The minimum absolute atomic E-state index is 0.196. The Hall–Kier alpha value is -0.590. The summed E-state index contributed by atoms with van der Waals surface area (Å²) < 4.78 is 0. The molecule has 1 heteroatoms. The zero-order chi connectivity index (χ0) is 9.40. The van der Waals surface area contributed by atoms with Crippen molar-refractivity contribution >= 4 is 5.78 Å². The van der Waals surface area contributed by atoms with E-state index in [0.29, 0.717) is 12.3 Å². The molecule has 0 aliphatic carbocycles. The molecule has 0 N–H and O–H groups in total. The largest absolute Gasteiger partial charge is 0.295 e. The number of rotatable bonds is 7. The van der Waals surface area contributed by atoms with Gasteiger partial charge in [-0.2, -0.15) is 0 Å². The highest BCUT2D eigenvalue weighted by Crippen LogP contribution is 2.17. The Balaban J connectivity index is 3.76. The first kappa shape index (κ1) is 11.4. The minimum Gasteiger partial charge on any atom is -0.295 e. The summed E-state index contributed by atoms with van der Waals surface area (Å²) in [5.74, 6) is 0.785. The smallest absolute Gasteiger partial charge is 0.155 e. The van der Waals surface area contributed by atoms with Gasteiger partial charge < -0.3 is 0 Å². The summed E-state index contributed by atoms with van der Waals surface area (Å²) in [5.41, 5.74) is 0. The molecule has 0 aliphatic heterocycles. The van der Waals surface area contributed by atoms with E-state index in [1.54, 1.807) is 0 Å². The zero-order valence-electron chi connectivity index (χ0n) is 8.31. The Morgan fingerprint density at radius 2 is 1.83 bits per heavy atom. The first-order valence-corrected chi connectivity index (χ1v) is 4.89. The van der Waals surface area contributed by atoms with Crippen LogP contribution in [0.25, 0.3) is 0 Å². The monoisotopic (exact) mass is 168 g/mol.